The summed E-state index contributed by atoms with van der Waals surface area (Å²) in [4.78, 5) is 30.7. The first-order valence-corrected chi connectivity index (χ1v) is 16.0. The normalized spacial score (nSPS) is 12.6. The van der Waals surface area contributed by atoms with E-state index in [0.29, 0.717) is 22.5 Å². The van der Waals surface area contributed by atoms with Gasteiger partial charge in [0.25, 0.3) is 11.8 Å². The highest BCUT2D eigenvalue weighted by molar-refractivity contribution is 6.37. The zero-order valence-corrected chi connectivity index (χ0v) is 25.9. The van der Waals surface area contributed by atoms with E-state index >= 15 is 0 Å². The Labute approximate surface area is 277 Å². The molecule has 0 spiro atoms. The number of carbonyl (C=O) groups excluding carboxylic acids is 2. The predicted octanol–water partition coefficient (Wildman–Crippen LogP) is 10.6. The Kier molecular flexibility index (Phi) is 6.41. The summed E-state index contributed by atoms with van der Waals surface area (Å²) in [6.07, 6.45) is 0. The minimum atomic E-state index is -0.337. The number of amides is 2. The Balaban J connectivity index is 1.30. The molecule has 48 heavy (non-hydrogen) atoms. The molecule has 0 radical (unpaired) electrons. The molecule has 4 heteroatoms. The van der Waals surface area contributed by atoms with E-state index in [1.54, 1.807) is 6.07 Å². The molecule has 1 aromatic heterocycles. The molecule has 0 fully saturated rings. The highest BCUT2D eigenvalue weighted by Gasteiger charge is 2.41. The molecule has 1 aliphatic rings. The molecule has 7 aromatic carbocycles. The molecule has 0 aliphatic carbocycles. The minimum Gasteiger partial charge on any atom is -0.308 e. The molecular formula is C44H28N2O2. The molecule has 0 atom stereocenters. The highest BCUT2D eigenvalue weighted by atomic mass is 16.2. The number of imide groups is 1. The van der Waals surface area contributed by atoms with Gasteiger partial charge < -0.3 is 4.57 Å². The first-order valence-electron chi connectivity index (χ1n) is 16.0. The predicted molar refractivity (Wildman–Crippen MR) is 195 cm³/mol. The standard InChI is InChI=1S/C44H28N2O2/c47-43-36-25-14-28-39(45-37-26-11-10-21-34(37)35-24-12-23-33(42(35)45)30-17-6-2-7-18-30)41(36)44(48)46(43)38-27-13-22-32(29-15-4-1-5-16-29)40(38)31-19-8-3-9-20-31/h1-28H. The third-order valence-electron chi connectivity index (χ3n) is 9.34. The van der Waals surface area contributed by atoms with Gasteiger partial charge in [0, 0.05) is 21.9 Å². The third kappa shape index (κ3) is 4.16. The molecule has 0 unspecified atom stereocenters. The summed E-state index contributed by atoms with van der Waals surface area (Å²) in [5.41, 5.74) is 9.86. The van der Waals surface area contributed by atoms with Crippen LogP contribution >= 0.6 is 0 Å². The number of hydrogen-bond acceptors (Lipinski definition) is 2. The summed E-state index contributed by atoms with van der Waals surface area (Å²) in [5, 5.41) is 2.17. The summed E-state index contributed by atoms with van der Waals surface area (Å²) in [6.45, 7) is 0. The summed E-state index contributed by atoms with van der Waals surface area (Å²) in [5.74, 6) is -0.667. The van der Waals surface area contributed by atoms with Gasteiger partial charge >= 0.3 is 0 Å². The summed E-state index contributed by atoms with van der Waals surface area (Å²) < 4.78 is 2.17. The molecule has 2 amide bonds. The van der Waals surface area contributed by atoms with E-state index in [2.05, 4.69) is 59.2 Å². The molecule has 0 bridgehead atoms. The number of carbonyl (C=O) groups is 2. The van der Waals surface area contributed by atoms with Crippen LogP contribution in [0, 0.1) is 0 Å². The topological polar surface area (TPSA) is 42.3 Å². The van der Waals surface area contributed by atoms with Gasteiger partial charge in [0.15, 0.2) is 0 Å². The first-order chi connectivity index (χ1) is 23.7. The van der Waals surface area contributed by atoms with E-state index in [4.69, 9.17) is 0 Å². The molecule has 1 aliphatic heterocycles. The number of hydrogen-bond donors (Lipinski definition) is 0. The van der Waals surface area contributed by atoms with Crippen LogP contribution in [0.25, 0.3) is 60.9 Å². The van der Waals surface area contributed by atoms with E-state index in [9.17, 15) is 9.59 Å². The van der Waals surface area contributed by atoms with Crippen LogP contribution in [0.3, 0.4) is 0 Å². The maximum absolute atomic E-state index is 14.9. The summed E-state index contributed by atoms with van der Waals surface area (Å²) in [7, 11) is 0. The van der Waals surface area contributed by atoms with Crippen molar-refractivity contribution in [3.63, 3.8) is 0 Å². The van der Waals surface area contributed by atoms with Crippen molar-refractivity contribution in [2.24, 2.45) is 0 Å². The maximum Gasteiger partial charge on any atom is 0.268 e. The van der Waals surface area contributed by atoms with Gasteiger partial charge in [-0.05, 0) is 46.5 Å². The zero-order valence-electron chi connectivity index (χ0n) is 25.9. The molecule has 0 saturated heterocycles. The van der Waals surface area contributed by atoms with Crippen LogP contribution in [0.2, 0.25) is 0 Å². The van der Waals surface area contributed by atoms with Crippen molar-refractivity contribution in [3.8, 4) is 39.1 Å². The number of benzene rings is 7. The Hall–Kier alpha value is -6.52. The van der Waals surface area contributed by atoms with E-state index in [1.165, 1.54) is 4.90 Å². The van der Waals surface area contributed by atoms with Gasteiger partial charge in [0.1, 0.15) is 0 Å². The van der Waals surface area contributed by atoms with Gasteiger partial charge in [-0.2, -0.15) is 0 Å². The van der Waals surface area contributed by atoms with Crippen LogP contribution in [0.1, 0.15) is 20.7 Å². The molecule has 0 saturated carbocycles. The van der Waals surface area contributed by atoms with Crippen LogP contribution in [0.4, 0.5) is 5.69 Å². The average molecular weight is 617 g/mol. The lowest BCUT2D eigenvalue weighted by Gasteiger charge is -2.22. The smallest absolute Gasteiger partial charge is 0.268 e. The van der Waals surface area contributed by atoms with Crippen molar-refractivity contribution in [3.05, 3.63) is 181 Å². The van der Waals surface area contributed by atoms with Crippen molar-refractivity contribution in [1.29, 1.82) is 0 Å². The van der Waals surface area contributed by atoms with Crippen molar-refractivity contribution in [2.75, 3.05) is 4.90 Å². The lowest BCUT2D eigenvalue weighted by Crippen LogP contribution is -2.30. The molecule has 0 N–H and O–H groups in total. The summed E-state index contributed by atoms with van der Waals surface area (Å²) >= 11 is 0. The van der Waals surface area contributed by atoms with Crippen molar-refractivity contribution in [2.45, 2.75) is 0 Å². The number of aromatic nitrogens is 1. The van der Waals surface area contributed by atoms with Gasteiger partial charge in [-0.15, -0.1) is 0 Å². The fourth-order valence-corrected chi connectivity index (χ4v) is 7.29. The number of rotatable bonds is 5. The minimum absolute atomic E-state index is 0.330. The fourth-order valence-electron chi connectivity index (χ4n) is 7.29. The van der Waals surface area contributed by atoms with Gasteiger partial charge in [0.2, 0.25) is 0 Å². The number of para-hydroxylation sites is 2. The van der Waals surface area contributed by atoms with Crippen molar-refractivity contribution in [1.82, 2.24) is 4.57 Å². The molecule has 9 rings (SSSR count). The van der Waals surface area contributed by atoms with Gasteiger partial charge in [-0.1, -0.05) is 146 Å². The lowest BCUT2D eigenvalue weighted by molar-refractivity contribution is 0.0926. The Bertz CT molecular complexity index is 2530. The quantitative estimate of drug-likeness (QED) is 0.181. The molecule has 2 heterocycles. The Morgan fingerprint density at radius 2 is 0.875 bits per heavy atom. The van der Waals surface area contributed by atoms with Crippen LogP contribution in [-0.4, -0.2) is 16.4 Å². The average Bonchev–Trinajstić information content (AvgIpc) is 3.63. The monoisotopic (exact) mass is 616 g/mol. The fraction of sp³-hybridized carbons (Fsp3) is 0. The maximum atomic E-state index is 14.9. The molecule has 4 nitrogen and oxygen atoms in total. The molecule has 226 valence electrons. The van der Waals surface area contributed by atoms with E-state index in [-0.39, 0.29) is 11.8 Å². The second-order valence-electron chi connectivity index (χ2n) is 12.0. The zero-order chi connectivity index (χ0) is 32.2. The van der Waals surface area contributed by atoms with Crippen LogP contribution in [-0.2, 0) is 0 Å². The largest absolute Gasteiger partial charge is 0.308 e. The second-order valence-corrected chi connectivity index (χ2v) is 12.0. The lowest BCUT2D eigenvalue weighted by atomic mass is 9.92. The van der Waals surface area contributed by atoms with E-state index in [1.807, 2.05) is 109 Å². The van der Waals surface area contributed by atoms with E-state index < -0.39 is 0 Å². The van der Waals surface area contributed by atoms with Crippen molar-refractivity contribution < 1.29 is 9.59 Å². The SMILES string of the molecule is O=C1c2cccc(-n3c4ccccc4c4cccc(-c5ccccc5)c43)c2C(=O)N1c1cccc(-c2ccccc2)c1-c1ccccc1. The van der Waals surface area contributed by atoms with Gasteiger partial charge in [0.05, 0.1) is 33.5 Å². The van der Waals surface area contributed by atoms with Crippen LogP contribution in [0.5, 0.6) is 0 Å². The van der Waals surface area contributed by atoms with Crippen LogP contribution < -0.4 is 4.90 Å². The molecular weight excluding hydrogens is 588 g/mol. The number of anilines is 1. The van der Waals surface area contributed by atoms with Gasteiger partial charge in [-0.3, -0.25) is 9.59 Å². The Morgan fingerprint density at radius 1 is 0.354 bits per heavy atom. The Morgan fingerprint density at radius 3 is 1.58 bits per heavy atom. The highest BCUT2D eigenvalue weighted by Crippen LogP contribution is 2.44. The summed E-state index contributed by atoms with van der Waals surface area (Å²) in [6, 6.07) is 56.4. The van der Waals surface area contributed by atoms with Crippen LogP contribution in [0.15, 0.2) is 170 Å². The van der Waals surface area contributed by atoms with Crippen molar-refractivity contribution >= 4 is 39.3 Å². The van der Waals surface area contributed by atoms with E-state index in [0.717, 1.165) is 55.2 Å². The first kappa shape index (κ1) is 27.8. The number of nitrogens with zero attached hydrogens (tertiary/aromatic N) is 2. The number of fused-ring (bicyclic) bond motifs is 4. The third-order valence-corrected chi connectivity index (χ3v) is 9.34. The second kappa shape index (κ2) is 11.1. The molecule has 8 aromatic rings. The van der Waals surface area contributed by atoms with Gasteiger partial charge in [-0.25, -0.2) is 4.90 Å².